The summed E-state index contributed by atoms with van der Waals surface area (Å²) in [5, 5.41) is 11.3. The number of alkyl halides is 2. The van der Waals surface area contributed by atoms with Gasteiger partial charge in [0.15, 0.2) is 0 Å². The Morgan fingerprint density at radius 2 is 1.75 bits per heavy atom. The second-order valence-corrected chi connectivity index (χ2v) is 8.23. The molecule has 0 aromatic carbocycles. The summed E-state index contributed by atoms with van der Waals surface area (Å²) in [6, 6.07) is 1.25. The number of aryl methyl sites for hydroxylation is 2. The quantitative estimate of drug-likeness (QED) is 0.474. The summed E-state index contributed by atoms with van der Waals surface area (Å²) >= 11 is 0.850. The molecule has 0 spiro atoms. The van der Waals surface area contributed by atoms with Crippen LogP contribution in [0.2, 0.25) is 0 Å². The van der Waals surface area contributed by atoms with E-state index in [-0.39, 0.29) is 15.4 Å². The van der Waals surface area contributed by atoms with Crippen molar-refractivity contribution in [2.75, 3.05) is 5.32 Å². The van der Waals surface area contributed by atoms with Gasteiger partial charge >= 0.3 is 0 Å². The Morgan fingerprint density at radius 3 is 2.28 bits per heavy atom. The molecule has 0 fully saturated rings. The average molecular weight is 459 g/mol. The molecule has 0 aliphatic heterocycles. The number of nitrogens with zero attached hydrogens (tertiary/aromatic N) is 5. The maximum atomic E-state index is 13.6. The summed E-state index contributed by atoms with van der Waals surface area (Å²) in [7, 11) is 3.42. The summed E-state index contributed by atoms with van der Waals surface area (Å²) < 4.78 is 30.3. The zero-order chi connectivity index (χ0) is 23.3. The molecule has 9 nitrogen and oxygen atoms in total. The molecule has 0 atom stereocenters. The number of anilines is 1. The molecule has 0 radical (unpaired) electrons. The average Bonchev–Trinajstić information content (AvgIpc) is 3.38. The summed E-state index contributed by atoms with van der Waals surface area (Å²) in [6.45, 7) is 3.51. The number of primary amides is 1. The van der Waals surface area contributed by atoms with E-state index in [2.05, 4.69) is 20.5 Å². The Kier molecular flexibility index (Phi) is 5.25. The molecule has 0 saturated carbocycles. The lowest BCUT2D eigenvalue weighted by Gasteiger charge is -2.11. The van der Waals surface area contributed by atoms with Gasteiger partial charge in [-0.25, -0.2) is 13.8 Å². The number of fused-ring (bicyclic) bond motifs is 1. The van der Waals surface area contributed by atoms with Gasteiger partial charge in [-0.3, -0.25) is 19.0 Å². The highest BCUT2D eigenvalue weighted by Crippen LogP contribution is 2.43. The highest BCUT2D eigenvalue weighted by molar-refractivity contribution is 7.21. The maximum absolute atomic E-state index is 13.6. The summed E-state index contributed by atoms with van der Waals surface area (Å²) in [6.07, 6.45) is 0.116. The van der Waals surface area contributed by atoms with E-state index in [0.717, 1.165) is 11.3 Å². The first-order valence-corrected chi connectivity index (χ1v) is 10.3. The van der Waals surface area contributed by atoms with E-state index >= 15 is 0 Å². The van der Waals surface area contributed by atoms with Gasteiger partial charge in [-0.2, -0.15) is 10.2 Å². The fourth-order valence-electron chi connectivity index (χ4n) is 3.40. The molecule has 4 aromatic rings. The normalized spacial score (nSPS) is 11.5. The monoisotopic (exact) mass is 459 g/mol. The summed E-state index contributed by atoms with van der Waals surface area (Å²) in [5.41, 5.74) is 7.81. The zero-order valence-corrected chi connectivity index (χ0v) is 18.4. The van der Waals surface area contributed by atoms with Gasteiger partial charge in [0, 0.05) is 36.4 Å². The number of pyridine rings is 1. The first kappa shape index (κ1) is 21.6. The molecule has 32 heavy (non-hydrogen) atoms. The van der Waals surface area contributed by atoms with Crippen molar-refractivity contribution in [3.05, 3.63) is 46.0 Å². The molecule has 12 heteroatoms. The Morgan fingerprint density at radius 1 is 1.09 bits per heavy atom. The second kappa shape index (κ2) is 7.79. The number of hydrogen-bond acceptors (Lipinski definition) is 6. The van der Waals surface area contributed by atoms with E-state index in [4.69, 9.17) is 5.73 Å². The van der Waals surface area contributed by atoms with E-state index < -0.39 is 23.9 Å². The van der Waals surface area contributed by atoms with Crippen LogP contribution in [0.25, 0.3) is 21.3 Å². The van der Waals surface area contributed by atoms with E-state index in [1.165, 1.54) is 23.1 Å². The van der Waals surface area contributed by atoms with Crippen molar-refractivity contribution in [1.82, 2.24) is 24.5 Å². The van der Waals surface area contributed by atoms with Crippen molar-refractivity contribution in [2.45, 2.75) is 20.3 Å². The topological polar surface area (TPSA) is 121 Å². The fourth-order valence-corrected chi connectivity index (χ4v) is 4.41. The Hall–Kier alpha value is -3.67. The standard InChI is InChI=1S/C20H19F2N7O2S/c1-8-11(6-24-28(8)3)10-5-13(17(21)22)26-20-14(10)15(16(32-20)18(23)30)27-19(31)12-7-25-29(4)9(12)2/h5-7,17H,1-4H3,(H2,23,30)(H,27,31). The van der Waals surface area contributed by atoms with E-state index in [9.17, 15) is 18.4 Å². The first-order chi connectivity index (χ1) is 15.1. The first-order valence-electron chi connectivity index (χ1n) is 9.44. The molecule has 4 rings (SSSR count). The SMILES string of the molecule is Cc1c(C(=O)Nc2c(C(N)=O)sc3nc(C(F)F)cc(-c4cnn(C)c4C)c23)cnn1C. The van der Waals surface area contributed by atoms with Crippen molar-refractivity contribution in [1.29, 1.82) is 0 Å². The number of nitrogens with two attached hydrogens (primary N) is 1. The molecule has 4 aromatic heterocycles. The third-order valence-electron chi connectivity index (χ3n) is 5.37. The lowest BCUT2D eigenvalue weighted by atomic mass is 10.0. The molecule has 0 unspecified atom stereocenters. The maximum Gasteiger partial charge on any atom is 0.280 e. The zero-order valence-electron chi connectivity index (χ0n) is 17.6. The molecule has 2 amide bonds. The van der Waals surface area contributed by atoms with Gasteiger partial charge in [-0.15, -0.1) is 11.3 Å². The number of halogens is 2. The van der Waals surface area contributed by atoms with Crippen LogP contribution >= 0.6 is 11.3 Å². The van der Waals surface area contributed by atoms with E-state index in [1.54, 1.807) is 32.6 Å². The Balaban J connectivity index is 2.00. The van der Waals surface area contributed by atoms with Crippen molar-refractivity contribution >= 4 is 39.1 Å². The van der Waals surface area contributed by atoms with Gasteiger partial charge in [0.2, 0.25) is 0 Å². The minimum absolute atomic E-state index is 0.0107. The van der Waals surface area contributed by atoms with Crippen molar-refractivity contribution in [3.63, 3.8) is 0 Å². The van der Waals surface area contributed by atoms with Gasteiger partial charge in [0.1, 0.15) is 15.4 Å². The number of hydrogen-bond donors (Lipinski definition) is 2. The van der Waals surface area contributed by atoms with Gasteiger partial charge in [-0.05, 0) is 25.5 Å². The largest absolute Gasteiger partial charge is 0.365 e. The predicted molar refractivity (Wildman–Crippen MR) is 116 cm³/mol. The summed E-state index contributed by atoms with van der Waals surface area (Å²) in [5.74, 6) is -1.32. The van der Waals surface area contributed by atoms with Crippen molar-refractivity contribution < 1.29 is 18.4 Å². The van der Waals surface area contributed by atoms with Crippen LogP contribution in [0.1, 0.15) is 43.5 Å². The van der Waals surface area contributed by atoms with Crippen LogP contribution in [0, 0.1) is 13.8 Å². The molecule has 4 heterocycles. The van der Waals surface area contributed by atoms with E-state index in [1.807, 2.05) is 0 Å². The molecular weight excluding hydrogens is 440 g/mol. The number of aromatic nitrogens is 5. The number of carbonyl (C=O) groups excluding carboxylic acids is 2. The third-order valence-corrected chi connectivity index (χ3v) is 6.47. The smallest absolute Gasteiger partial charge is 0.280 e. The molecule has 0 saturated heterocycles. The number of carbonyl (C=O) groups is 2. The van der Waals surface area contributed by atoms with Gasteiger partial charge in [0.25, 0.3) is 18.2 Å². The predicted octanol–water partition coefficient (Wildman–Crippen LogP) is 3.34. The van der Waals surface area contributed by atoms with Crippen LogP contribution in [0.4, 0.5) is 14.5 Å². The van der Waals surface area contributed by atoms with Crippen LogP contribution < -0.4 is 11.1 Å². The highest BCUT2D eigenvalue weighted by Gasteiger charge is 2.27. The molecule has 0 aliphatic rings. The third kappa shape index (κ3) is 3.42. The molecule has 166 valence electrons. The molecule has 3 N–H and O–H groups in total. The van der Waals surface area contributed by atoms with Gasteiger partial charge in [-0.1, -0.05) is 0 Å². The minimum atomic E-state index is -2.83. The van der Waals surface area contributed by atoms with Crippen molar-refractivity contribution in [2.24, 2.45) is 19.8 Å². The molecule has 0 bridgehead atoms. The van der Waals surface area contributed by atoms with Crippen LogP contribution in [0.5, 0.6) is 0 Å². The fraction of sp³-hybridized carbons (Fsp3) is 0.250. The van der Waals surface area contributed by atoms with E-state index in [0.29, 0.717) is 33.5 Å². The van der Waals surface area contributed by atoms with Gasteiger partial charge in [0.05, 0.1) is 23.6 Å². The number of rotatable bonds is 5. The lowest BCUT2D eigenvalue weighted by molar-refractivity contribution is 0.100. The molecular formula is C20H19F2N7O2S. The minimum Gasteiger partial charge on any atom is -0.365 e. The Labute approximate surface area is 184 Å². The lowest BCUT2D eigenvalue weighted by Crippen LogP contribution is -2.17. The van der Waals surface area contributed by atoms with Gasteiger partial charge < -0.3 is 11.1 Å². The molecule has 0 aliphatic carbocycles. The Bertz CT molecular complexity index is 1390. The van der Waals surface area contributed by atoms with Crippen molar-refractivity contribution in [3.8, 4) is 11.1 Å². The van der Waals surface area contributed by atoms with Crippen LogP contribution in [-0.2, 0) is 14.1 Å². The van der Waals surface area contributed by atoms with Crippen LogP contribution in [0.3, 0.4) is 0 Å². The van der Waals surface area contributed by atoms with Crippen LogP contribution in [0.15, 0.2) is 18.5 Å². The highest BCUT2D eigenvalue weighted by atomic mass is 32.1. The second-order valence-electron chi connectivity index (χ2n) is 7.23. The van der Waals surface area contributed by atoms with Crippen LogP contribution in [-0.4, -0.2) is 36.4 Å². The number of thiophene rings is 1. The summed E-state index contributed by atoms with van der Waals surface area (Å²) in [4.78, 5) is 29.4. The number of nitrogens with one attached hydrogen (secondary N) is 1. The number of amides is 2.